The van der Waals surface area contributed by atoms with Crippen molar-refractivity contribution in [2.75, 3.05) is 10.0 Å². The van der Waals surface area contributed by atoms with Crippen LogP contribution in [0.5, 0.6) is 0 Å². The van der Waals surface area contributed by atoms with E-state index < -0.39 is 10.0 Å². The predicted molar refractivity (Wildman–Crippen MR) is 125 cm³/mol. The molecule has 1 amide bonds. The van der Waals surface area contributed by atoms with Crippen LogP contribution in [0.25, 0.3) is 10.8 Å². The van der Waals surface area contributed by atoms with E-state index in [0.29, 0.717) is 16.9 Å². The monoisotopic (exact) mass is 430 g/mol. The number of sulfonamides is 1. The second kappa shape index (κ2) is 8.24. The Morgan fingerprint density at radius 1 is 0.806 bits per heavy atom. The highest BCUT2D eigenvalue weighted by atomic mass is 32.2. The van der Waals surface area contributed by atoms with E-state index in [-0.39, 0.29) is 16.4 Å². The Balaban J connectivity index is 1.63. The topological polar surface area (TPSA) is 75.3 Å². The molecule has 5 nitrogen and oxygen atoms in total. The molecule has 31 heavy (non-hydrogen) atoms. The number of nitrogens with one attached hydrogen (secondary N) is 2. The van der Waals surface area contributed by atoms with Crippen LogP contribution in [0.15, 0.2) is 89.8 Å². The molecule has 0 aliphatic rings. The van der Waals surface area contributed by atoms with Crippen LogP contribution in [-0.2, 0) is 10.0 Å². The lowest BCUT2D eigenvalue weighted by molar-refractivity contribution is 0.102. The number of rotatable bonds is 5. The van der Waals surface area contributed by atoms with Crippen molar-refractivity contribution < 1.29 is 13.2 Å². The Bertz CT molecular complexity index is 1370. The van der Waals surface area contributed by atoms with Gasteiger partial charge in [-0.15, -0.1) is 0 Å². The van der Waals surface area contributed by atoms with Crippen molar-refractivity contribution in [1.29, 1.82) is 0 Å². The quantitative estimate of drug-likeness (QED) is 0.438. The maximum absolute atomic E-state index is 13.0. The number of carbonyl (C=O) groups is 1. The van der Waals surface area contributed by atoms with Gasteiger partial charge in [-0.25, -0.2) is 8.42 Å². The van der Waals surface area contributed by atoms with Crippen molar-refractivity contribution in [1.82, 2.24) is 0 Å². The second-order valence-corrected chi connectivity index (χ2v) is 9.08. The summed E-state index contributed by atoms with van der Waals surface area (Å²) in [4.78, 5) is 13.0. The molecular formula is C25H22N2O3S. The van der Waals surface area contributed by atoms with E-state index in [9.17, 15) is 13.2 Å². The van der Waals surface area contributed by atoms with Crippen molar-refractivity contribution in [3.8, 4) is 0 Å². The first-order valence-electron chi connectivity index (χ1n) is 9.83. The molecule has 0 spiro atoms. The Morgan fingerprint density at radius 2 is 1.52 bits per heavy atom. The van der Waals surface area contributed by atoms with E-state index >= 15 is 0 Å². The van der Waals surface area contributed by atoms with Gasteiger partial charge < -0.3 is 5.32 Å². The maximum atomic E-state index is 13.0. The van der Waals surface area contributed by atoms with Crippen LogP contribution < -0.4 is 10.0 Å². The van der Waals surface area contributed by atoms with E-state index in [1.54, 1.807) is 31.2 Å². The smallest absolute Gasteiger partial charge is 0.262 e. The molecular weight excluding hydrogens is 408 g/mol. The van der Waals surface area contributed by atoms with Gasteiger partial charge in [0, 0.05) is 22.3 Å². The lowest BCUT2D eigenvalue weighted by Crippen LogP contribution is -2.17. The minimum Gasteiger partial charge on any atom is -0.321 e. The zero-order valence-electron chi connectivity index (χ0n) is 17.2. The number of carbonyl (C=O) groups excluding carboxylic acids is 1. The van der Waals surface area contributed by atoms with Crippen molar-refractivity contribution >= 4 is 38.1 Å². The molecule has 0 saturated heterocycles. The molecule has 0 unspecified atom stereocenters. The highest BCUT2D eigenvalue weighted by Gasteiger charge is 2.20. The van der Waals surface area contributed by atoms with Crippen LogP contribution in [0.3, 0.4) is 0 Å². The van der Waals surface area contributed by atoms with Crippen molar-refractivity contribution in [2.45, 2.75) is 18.7 Å². The summed E-state index contributed by atoms with van der Waals surface area (Å²) in [5, 5.41) is 4.83. The van der Waals surface area contributed by atoms with Crippen LogP contribution in [0.1, 0.15) is 21.5 Å². The Kier molecular flexibility index (Phi) is 5.48. The number of fused-ring (bicyclic) bond motifs is 1. The number of hydrogen-bond acceptors (Lipinski definition) is 3. The highest BCUT2D eigenvalue weighted by Crippen LogP contribution is 2.25. The van der Waals surface area contributed by atoms with E-state index in [0.717, 1.165) is 16.3 Å². The van der Waals surface area contributed by atoms with Gasteiger partial charge in [-0.05, 0) is 55.1 Å². The van der Waals surface area contributed by atoms with Crippen LogP contribution in [-0.4, -0.2) is 14.3 Å². The first-order valence-corrected chi connectivity index (χ1v) is 11.3. The van der Waals surface area contributed by atoms with E-state index in [2.05, 4.69) is 10.0 Å². The summed E-state index contributed by atoms with van der Waals surface area (Å²) in [6.45, 7) is 3.64. The van der Waals surface area contributed by atoms with Gasteiger partial charge in [0.25, 0.3) is 15.9 Å². The average molecular weight is 431 g/mol. The van der Waals surface area contributed by atoms with Crippen LogP contribution in [0.2, 0.25) is 0 Å². The third-order valence-corrected chi connectivity index (χ3v) is 6.60. The Morgan fingerprint density at radius 3 is 2.29 bits per heavy atom. The standard InChI is InChI=1S/C25H22N2O3S/c1-17-10-14-21(15-11-17)27-31(29,30)24-16-20(13-12-18(24)2)25(28)26-23-9-5-7-19-6-3-4-8-22(19)23/h3-16,27H,1-2H3,(H,26,28). The number of benzene rings is 4. The summed E-state index contributed by atoms with van der Waals surface area (Å²) >= 11 is 0. The molecule has 0 bridgehead atoms. The molecule has 4 aromatic carbocycles. The third kappa shape index (κ3) is 4.44. The average Bonchev–Trinajstić information content (AvgIpc) is 2.75. The van der Waals surface area contributed by atoms with Gasteiger partial charge in [-0.1, -0.05) is 60.2 Å². The molecule has 0 heterocycles. The van der Waals surface area contributed by atoms with Gasteiger partial charge in [-0.2, -0.15) is 0 Å². The molecule has 2 N–H and O–H groups in total. The molecule has 0 aromatic heterocycles. The summed E-state index contributed by atoms with van der Waals surface area (Å²) in [5.41, 5.74) is 3.00. The summed E-state index contributed by atoms with van der Waals surface area (Å²) in [6.07, 6.45) is 0. The molecule has 4 rings (SSSR count). The van der Waals surface area contributed by atoms with Gasteiger partial charge in [0.2, 0.25) is 0 Å². The van der Waals surface area contributed by atoms with Crippen molar-refractivity contribution in [3.05, 3.63) is 102 Å². The fourth-order valence-corrected chi connectivity index (χ4v) is 4.72. The number of aryl methyl sites for hydroxylation is 2. The zero-order chi connectivity index (χ0) is 22.0. The maximum Gasteiger partial charge on any atom is 0.262 e. The number of hydrogen-bond donors (Lipinski definition) is 2. The molecule has 0 radical (unpaired) electrons. The summed E-state index contributed by atoms with van der Waals surface area (Å²) in [5.74, 6) is -0.372. The normalized spacial score (nSPS) is 11.3. The van der Waals surface area contributed by atoms with Crippen LogP contribution >= 0.6 is 0 Å². The fourth-order valence-electron chi connectivity index (χ4n) is 3.39. The third-order valence-electron chi connectivity index (χ3n) is 5.08. The van der Waals surface area contributed by atoms with E-state index in [1.807, 2.05) is 61.5 Å². The SMILES string of the molecule is Cc1ccc(NS(=O)(=O)c2cc(C(=O)Nc3cccc4ccccc34)ccc2C)cc1. The van der Waals surface area contributed by atoms with Crippen LogP contribution in [0.4, 0.5) is 11.4 Å². The van der Waals surface area contributed by atoms with Gasteiger partial charge in [0.05, 0.1) is 4.90 Å². The summed E-state index contributed by atoms with van der Waals surface area (Å²) < 4.78 is 28.5. The zero-order valence-corrected chi connectivity index (χ0v) is 18.0. The molecule has 0 aliphatic heterocycles. The van der Waals surface area contributed by atoms with E-state index in [4.69, 9.17) is 0 Å². The first kappa shape index (κ1) is 20.6. The molecule has 4 aromatic rings. The molecule has 0 fully saturated rings. The summed E-state index contributed by atoms with van der Waals surface area (Å²) in [7, 11) is -3.85. The minimum atomic E-state index is -3.85. The predicted octanol–water partition coefficient (Wildman–Crippen LogP) is 5.51. The molecule has 0 saturated carbocycles. The fraction of sp³-hybridized carbons (Fsp3) is 0.0800. The van der Waals surface area contributed by atoms with E-state index in [1.165, 1.54) is 6.07 Å². The highest BCUT2D eigenvalue weighted by molar-refractivity contribution is 7.92. The lowest BCUT2D eigenvalue weighted by atomic mass is 10.1. The molecule has 6 heteroatoms. The van der Waals surface area contributed by atoms with Crippen LogP contribution in [0, 0.1) is 13.8 Å². The van der Waals surface area contributed by atoms with Crippen molar-refractivity contribution in [3.63, 3.8) is 0 Å². The van der Waals surface area contributed by atoms with Gasteiger partial charge in [0.15, 0.2) is 0 Å². The lowest BCUT2D eigenvalue weighted by Gasteiger charge is -2.13. The van der Waals surface area contributed by atoms with Gasteiger partial charge in [-0.3, -0.25) is 9.52 Å². The Labute approximate surface area is 181 Å². The largest absolute Gasteiger partial charge is 0.321 e. The van der Waals surface area contributed by atoms with Gasteiger partial charge in [0.1, 0.15) is 0 Å². The second-order valence-electron chi connectivity index (χ2n) is 7.43. The van der Waals surface area contributed by atoms with Gasteiger partial charge >= 0.3 is 0 Å². The van der Waals surface area contributed by atoms with Crippen molar-refractivity contribution in [2.24, 2.45) is 0 Å². The Hall–Kier alpha value is -3.64. The summed E-state index contributed by atoms with van der Waals surface area (Å²) in [6, 6.07) is 25.2. The first-order chi connectivity index (χ1) is 14.8. The minimum absolute atomic E-state index is 0.0682. The molecule has 156 valence electrons. The number of amides is 1. The molecule has 0 atom stereocenters. The molecule has 0 aliphatic carbocycles. The number of anilines is 2.